The fraction of sp³-hybridized carbons (Fsp3) is 0.222. The van der Waals surface area contributed by atoms with Crippen LogP contribution in [0.5, 0.6) is 0 Å². The van der Waals surface area contributed by atoms with Crippen LogP contribution in [0.4, 0.5) is 10.5 Å². The number of rotatable bonds is 8. The van der Waals surface area contributed by atoms with Crippen molar-refractivity contribution in [1.82, 2.24) is 5.32 Å². The zero-order valence-corrected chi connectivity index (χ0v) is 19.8. The minimum absolute atomic E-state index is 0.0321. The molecule has 0 aliphatic heterocycles. The van der Waals surface area contributed by atoms with Gasteiger partial charge in [-0.1, -0.05) is 66.2 Å². The molecule has 1 aliphatic carbocycles. The number of fused-ring (bicyclic) bond motifs is 3. The molecule has 0 fully saturated rings. The Bertz CT molecular complexity index is 1230. The van der Waals surface area contributed by atoms with Crippen molar-refractivity contribution in [3.8, 4) is 11.1 Å². The molecular formula is C27H25ClN2O5. The molecule has 1 atom stereocenters. The third-order valence-corrected chi connectivity index (χ3v) is 6.33. The number of amides is 2. The number of alkyl carbamates (subject to hydrolysis) is 1. The van der Waals surface area contributed by atoms with Gasteiger partial charge >= 0.3 is 12.1 Å². The van der Waals surface area contributed by atoms with E-state index in [1.807, 2.05) is 24.3 Å². The van der Waals surface area contributed by atoms with Crippen molar-refractivity contribution in [2.24, 2.45) is 0 Å². The van der Waals surface area contributed by atoms with E-state index in [0.29, 0.717) is 6.42 Å². The van der Waals surface area contributed by atoms with E-state index in [-0.39, 0.29) is 47.2 Å². The number of anilines is 1. The van der Waals surface area contributed by atoms with E-state index in [9.17, 15) is 19.5 Å². The molecule has 0 aromatic heterocycles. The van der Waals surface area contributed by atoms with Gasteiger partial charge in [-0.15, -0.1) is 0 Å². The Kier molecular flexibility index (Phi) is 7.36. The largest absolute Gasteiger partial charge is 0.478 e. The molecule has 35 heavy (non-hydrogen) atoms. The second-order valence-corrected chi connectivity index (χ2v) is 8.83. The molecular weight excluding hydrogens is 468 g/mol. The highest BCUT2D eigenvalue weighted by Crippen LogP contribution is 2.44. The first-order valence-corrected chi connectivity index (χ1v) is 11.7. The van der Waals surface area contributed by atoms with E-state index in [1.54, 1.807) is 13.0 Å². The molecule has 1 unspecified atom stereocenters. The van der Waals surface area contributed by atoms with Gasteiger partial charge in [0.2, 0.25) is 5.91 Å². The van der Waals surface area contributed by atoms with E-state index < -0.39 is 12.1 Å². The van der Waals surface area contributed by atoms with Crippen LogP contribution in [0.15, 0.2) is 66.7 Å². The van der Waals surface area contributed by atoms with Crippen LogP contribution in [0.25, 0.3) is 11.1 Å². The summed E-state index contributed by atoms with van der Waals surface area (Å²) in [6, 6.07) is 20.4. The molecule has 3 N–H and O–H groups in total. The normalized spacial score (nSPS) is 12.9. The van der Waals surface area contributed by atoms with E-state index in [1.165, 1.54) is 12.1 Å². The minimum Gasteiger partial charge on any atom is -0.478 e. The number of benzene rings is 3. The number of halogens is 1. The maximum Gasteiger partial charge on any atom is 0.407 e. The number of ether oxygens (including phenoxy) is 1. The highest BCUT2D eigenvalue weighted by molar-refractivity contribution is 6.34. The van der Waals surface area contributed by atoms with Crippen molar-refractivity contribution in [3.63, 3.8) is 0 Å². The number of carboxylic acids is 1. The number of hydrogen-bond donors (Lipinski definition) is 3. The van der Waals surface area contributed by atoms with Crippen LogP contribution in [-0.4, -0.2) is 35.7 Å². The topological polar surface area (TPSA) is 105 Å². The summed E-state index contributed by atoms with van der Waals surface area (Å²) in [6.07, 6.45) is -0.127. The van der Waals surface area contributed by atoms with Crippen molar-refractivity contribution in [1.29, 1.82) is 0 Å². The molecule has 0 saturated carbocycles. The number of nitrogens with one attached hydrogen (secondary N) is 2. The van der Waals surface area contributed by atoms with Gasteiger partial charge in [-0.2, -0.15) is 0 Å². The number of carbonyl (C=O) groups excluding carboxylic acids is 2. The van der Waals surface area contributed by atoms with Gasteiger partial charge in [-0.25, -0.2) is 9.59 Å². The number of carbonyl (C=O) groups is 3. The third kappa shape index (κ3) is 5.46. The van der Waals surface area contributed by atoms with Gasteiger partial charge in [0.25, 0.3) is 0 Å². The van der Waals surface area contributed by atoms with E-state index in [4.69, 9.17) is 16.3 Å². The molecule has 0 spiro atoms. The summed E-state index contributed by atoms with van der Waals surface area (Å²) in [5.41, 5.74) is 4.55. The second kappa shape index (κ2) is 10.6. The van der Waals surface area contributed by atoms with Gasteiger partial charge in [0.05, 0.1) is 10.7 Å². The Morgan fingerprint density at radius 1 is 0.971 bits per heavy atom. The van der Waals surface area contributed by atoms with Crippen LogP contribution < -0.4 is 10.6 Å². The monoisotopic (exact) mass is 492 g/mol. The number of aromatic carboxylic acids is 1. The standard InChI is InChI=1S/C27H25ClN2O5/c1-16(13-14-24(31)30-23-12-6-11-22(28)25(23)26(32)33)29-27(34)35-15-21-19-9-4-2-7-17(19)18-8-3-5-10-20(18)21/h2-12,16,21H,13-15H2,1H3,(H,29,34)(H,30,31)(H,32,33). The fourth-order valence-corrected chi connectivity index (χ4v) is 4.57. The highest BCUT2D eigenvalue weighted by atomic mass is 35.5. The molecule has 4 rings (SSSR count). The molecule has 2 amide bonds. The second-order valence-electron chi connectivity index (χ2n) is 8.43. The van der Waals surface area contributed by atoms with Crippen LogP contribution in [-0.2, 0) is 9.53 Å². The Morgan fingerprint density at radius 3 is 2.23 bits per heavy atom. The van der Waals surface area contributed by atoms with Crippen LogP contribution in [0.3, 0.4) is 0 Å². The van der Waals surface area contributed by atoms with Crippen LogP contribution in [0, 0.1) is 0 Å². The molecule has 0 saturated heterocycles. The molecule has 0 radical (unpaired) electrons. The van der Waals surface area contributed by atoms with Gasteiger partial charge in [0.1, 0.15) is 12.2 Å². The Balaban J connectivity index is 1.27. The lowest BCUT2D eigenvalue weighted by atomic mass is 9.98. The summed E-state index contributed by atoms with van der Waals surface area (Å²) in [6.45, 7) is 1.98. The first-order chi connectivity index (χ1) is 16.8. The molecule has 0 heterocycles. The maximum absolute atomic E-state index is 12.4. The van der Waals surface area contributed by atoms with E-state index in [2.05, 4.69) is 34.9 Å². The van der Waals surface area contributed by atoms with Crippen LogP contribution >= 0.6 is 11.6 Å². The van der Waals surface area contributed by atoms with Crippen molar-refractivity contribution < 1.29 is 24.2 Å². The smallest absolute Gasteiger partial charge is 0.407 e. The molecule has 180 valence electrons. The lowest BCUT2D eigenvalue weighted by Crippen LogP contribution is -2.34. The van der Waals surface area contributed by atoms with Crippen molar-refractivity contribution >= 4 is 35.3 Å². The van der Waals surface area contributed by atoms with Crippen LogP contribution in [0.2, 0.25) is 5.02 Å². The van der Waals surface area contributed by atoms with E-state index in [0.717, 1.165) is 22.3 Å². The molecule has 3 aromatic rings. The average molecular weight is 493 g/mol. The van der Waals surface area contributed by atoms with Gasteiger partial charge in [0, 0.05) is 18.4 Å². The van der Waals surface area contributed by atoms with Gasteiger partial charge in [0.15, 0.2) is 0 Å². The minimum atomic E-state index is -1.23. The average Bonchev–Trinajstić information content (AvgIpc) is 3.15. The fourth-order valence-electron chi connectivity index (χ4n) is 4.32. The summed E-state index contributed by atoms with van der Waals surface area (Å²) in [5.74, 6) is -1.64. The predicted octanol–water partition coefficient (Wildman–Crippen LogP) is 5.68. The zero-order valence-electron chi connectivity index (χ0n) is 19.1. The van der Waals surface area contributed by atoms with Crippen molar-refractivity contribution in [2.75, 3.05) is 11.9 Å². The molecule has 0 bridgehead atoms. The zero-order chi connectivity index (χ0) is 24.9. The van der Waals surface area contributed by atoms with Crippen LogP contribution in [0.1, 0.15) is 47.2 Å². The quantitative estimate of drug-likeness (QED) is 0.375. The third-order valence-electron chi connectivity index (χ3n) is 6.01. The summed E-state index contributed by atoms with van der Waals surface area (Å²) >= 11 is 5.93. The lowest BCUT2D eigenvalue weighted by Gasteiger charge is -2.17. The van der Waals surface area contributed by atoms with Gasteiger partial charge in [-0.05, 0) is 47.7 Å². The summed E-state index contributed by atoms with van der Waals surface area (Å²) < 4.78 is 5.54. The van der Waals surface area contributed by atoms with Crippen molar-refractivity contribution in [2.45, 2.75) is 31.7 Å². The maximum atomic E-state index is 12.4. The summed E-state index contributed by atoms with van der Waals surface area (Å²) in [5, 5.41) is 14.7. The van der Waals surface area contributed by atoms with E-state index >= 15 is 0 Å². The van der Waals surface area contributed by atoms with Gasteiger partial charge in [-0.3, -0.25) is 4.79 Å². The molecule has 8 heteroatoms. The number of carboxylic acid groups (broad SMARTS) is 1. The number of hydrogen-bond acceptors (Lipinski definition) is 4. The summed E-state index contributed by atoms with van der Waals surface area (Å²) in [4.78, 5) is 36.2. The predicted molar refractivity (Wildman–Crippen MR) is 134 cm³/mol. The summed E-state index contributed by atoms with van der Waals surface area (Å²) in [7, 11) is 0. The lowest BCUT2D eigenvalue weighted by molar-refractivity contribution is -0.116. The molecule has 1 aliphatic rings. The highest BCUT2D eigenvalue weighted by Gasteiger charge is 2.29. The molecule has 3 aromatic carbocycles. The Hall–Kier alpha value is -3.84. The Labute approximate surface area is 208 Å². The molecule has 7 nitrogen and oxygen atoms in total. The van der Waals surface area contributed by atoms with Gasteiger partial charge < -0.3 is 20.5 Å². The first kappa shape index (κ1) is 24.3. The Morgan fingerprint density at radius 2 is 1.60 bits per heavy atom. The van der Waals surface area contributed by atoms with Crippen molar-refractivity contribution in [3.05, 3.63) is 88.4 Å². The SMILES string of the molecule is CC(CCC(=O)Nc1cccc(Cl)c1C(=O)O)NC(=O)OCC1c2ccccc2-c2ccccc21. The first-order valence-electron chi connectivity index (χ1n) is 11.3.